The third-order valence-corrected chi connectivity index (χ3v) is 4.19. The third-order valence-electron chi connectivity index (χ3n) is 2.62. The largest absolute Gasteiger partial charge is 0.388 e. The van der Waals surface area contributed by atoms with Gasteiger partial charge in [-0.3, -0.25) is 4.98 Å². The van der Waals surface area contributed by atoms with Crippen LogP contribution in [0.15, 0.2) is 30.6 Å². The van der Waals surface area contributed by atoms with E-state index in [2.05, 4.69) is 24.0 Å². The Morgan fingerprint density at radius 3 is 2.76 bits per heavy atom. The van der Waals surface area contributed by atoms with E-state index in [1.54, 1.807) is 29.8 Å². The van der Waals surface area contributed by atoms with Crippen molar-refractivity contribution in [1.29, 1.82) is 0 Å². The van der Waals surface area contributed by atoms with Crippen molar-refractivity contribution >= 4 is 22.9 Å². The summed E-state index contributed by atoms with van der Waals surface area (Å²) in [7, 11) is 0. The number of halogens is 1. The van der Waals surface area contributed by atoms with Crippen LogP contribution >= 0.6 is 22.9 Å². The highest BCUT2D eigenvalue weighted by Crippen LogP contribution is 2.27. The van der Waals surface area contributed by atoms with E-state index in [1.165, 1.54) is 9.75 Å². The third kappa shape index (κ3) is 3.06. The van der Waals surface area contributed by atoms with E-state index in [-0.39, 0.29) is 0 Å². The van der Waals surface area contributed by atoms with Gasteiger partial charge >= 0.3 is 0 Å². The first-order chi connectivity index (χ1) is 8.20. The van der Waals surface area contributed by atoms with Crippen LogP contribution in [0.5, 0.6) is 0 Å². The number of hydrogen-bond donors (Lipinski definition) is 1. The molecule has 2 aromatic rings. The van der Waals surface area contributed by atoms with E-state index in [0.717, 1.165) is 12.0 Å². The highest BCUT2D eigenvalue weighted by atomic mass is 35.5. The highest BCUT2D eigenvalue weighted by Gasteiger charge is 2.13. The van der Waals surface area contributed by atoms with Gasteiger partial charge in [0.25, 0.3) is 0 Å². The molecular formula is C13H14ClNOS. The average molecular weight is 268 g/mol. The fraction of sp³-hybridized carbons (Fsp3) is 0.308. The molecule has 2 aromatic heterocycles. The Hall–Kier alpha value is -0.900. The van der Waals surface area contributed by atoms with Gasteiger partial charge in [-0.2, -0.15) is 0 Å². The van der Waals surface area contributed by atoms with E-state index < -0.39 is 6.10 Å². The second-order valence-corrected chi connectivity index (χ2v) is 5.50. The van der Waals surface area contributed by atoms with Crippen LogP contribution in [0, 0.1) is 0 Å². The summed E-state index contributed by atoms with van der Waals surface area (Å²) in [5, 5.41) is 10.7. The van der Waals surface area contributed by atoms with Crippen molar-refractivity contribution < 1.29 is 5.11 Å². The van der Waals surface area contributed by atoms with Gasteiger partial charge in [0.2, 0.25) is 0 Å². The zero-order chi connectivity index (χ0) is 12.3. The molecule has 0 amide bonds. The van der Waals surface area contributed by atoms with E-state index in [9.17, 15) is 5.11 Å². The molecule has 0 bridgehead atoms. The van der Waals surface area contributed by atoms with Gasteiger partial charge in [0.15, 0.2) is 0 Å². The Labute approximate surface area is 110 Å². The molecule has 4 heteroatoms. The second kappa shape index (κ2) is 5.63. The minimum absolute atomic E-state index is 0.521. The summed E-state index contributed by atoms with van der Waals surface area (Å²) in [6, 6.07) is 5.95. The van der Waals surface area contributed by atoms with E-state index in [0.29, 0.717) is 11.4 Å². The molecule has 0 aliphatic carbocycles. The highest BCUT2D eigenvalue weighted by molar-refractivity contribution is 7.11. The Bertz CT molecular complexity index is 498. The zero-order valence-electron chi connectivity index (χ0n) is 9.56. The number of rotatable bonds is 4. The molecule has 0 aliphatic rings. The predicted molar refractivity (Wildman–Crippen MR) is 71.6 cm³/mol. The number of thiophene rings is 1. The standard InChI is InChI=1S/C13H14ClNOS/c1-2-9-3-4-10(17-9)7-13(16)11-5-6-15-8-12(11)14/h3-6,8,13,16H,2,7H2,1H3. The first-order valence-corrected chi connectivity index (χ1v) is 6.75. The number of aliphatic hydroxyl groups excluding tert-OH is 1. The molecule has 0 saturated heterocycles. The lowest BCUT2D eigenvalue weighted by molar-refractivity contribution is 0.179. The zero-order valence-corrected chi connectivity index (χ0v) is 11.1. The first-order valence-electron chi connectivity index (χ1n) is 5.55. The summed E-state index contributed by atoms with van der Waals surface area (Å²) in [6.45, 7) is 2.13. The van der Waals surface area contributed by atoms with Gasteiger partial charge in [-0.15, -0.1) is 11.3 Å². The van der Waals surface area contributed by atoms with E-state index in [4.69, 9.17) is 11.6 Å². The molecule has 2 rings (SSSR count). The van der Waals surface area contributed by atoms with Crippen LogP contribution in [0.25, 0.3) is 0 Å². The maximum Gasteiger partial charge on any atom is 0.0853 e. The van der Waals surface area contributed by atoms with Gasteiger partial charge in [0.1, 0.15) is 0 Å². The molecule has 2 heterocycles. The van der Waals surface area contributed by atoms with Gasteiger partial charge in [-0.1, -0.05) is 18.5 Å². The molecular weight excluding hydrogens is 254 g/mol. The summed E-state index contributed by atoms with van der Waals surface area (Å²) in [5.74, 6) is 0. The summed E-state index contributed by atoms with van der Waals surface area (Å²) < 4.78 is 0. The van der Waals surface area contributed by atoms with E-state index >= 15 is 0 Å². The lowest BCUT2D eigenvalue weighted by Crippen LogP contribution is -2.01. The first kappa shape index (κ1) is 12.6. The van der Waals surface area contributed by atoms with Gasteiger partial charge in [0.05, 0.1) is 11.1 Å². The van der Waals surface area contributed by atoms with Crippen LogP contribution < -0.4 is 0 Å². The number of nitrogens with zero attached hydrogens (tertiary/aromatic N) is 1. The van der Waals surface area contributed by atoms with Crippen LogP contribution in [0.4, 0.5) is 0 Å². The molecule has 90 valence electrons. The van der Waals surface area contributed by atoms with Crippen molar-refractivity contribution in [2.75, 3.05) is 0 Å². The van der Waals surface area contributed by atoms with Gasteiger partial charge in [0, 0.05) is 34.1 Å². The second-order valence-electron chi connectivity index (χ2n) is 3.84. The SMILES string of the molecule is CCc1ccc(CC(O)c2ccncc2Cl)s1. The molecule has 1 atom stereocenters. The molecule has 0 fully saturated rings. The molecule has 0 aromatic carbocycles. The number of hydrogen-bond acceptors (Lipinski definition) is 3. The molecule has 0 spiro atoms. The molecule has 2 nitrogen and oxygen atoms in total. The molecule has 0 aliphatic heterocycles. The lowest BCUT2D eigenvalue weighted by Gasteiger charge is -2.10. The Balaban J connectivity index is 2.11. The smallest absolute Gasteiger partial charge is 0.0853 e. The summed E-state index contributed by atoms with van der Waals surface area (Å²) in [4.78, 5) is 6.43. The van der Waals surface area contributed by atoms with Crippen LogP contribution in [0.3, 0.4) is 0 Å². The summed E-state index contributed by atoms with van der Waals surface area (Å²) >= 11 is 7.74. The van der Waals surface area contributed by atoms with Gasteiger partial charge < -0.3 is 5.11 Å². The van der Waals surface area contributed by atoms with E-state index in [1.807, 2.05) is 0 Å². The maximum atomic E-state index is 10.1. The van der Waals surface area contributed by atoms with Crippen molar-refractivity contribution in [2.45, 2.75) is 25.9 Å². The number of aromatic nitrogens is 1. The molecule has 1 N–H and O–H groups in total. The van der Waals surface area contributed by atoms with Crippen molar-refractivity contribution in [3.8, 4) is 0 Å². The van der Waals surface area contributed by atoms with Gasteiger partial charge in [-0.05, 0) is 24.6 Å². The minimum Gasteiger partial charge on any atom is -0.388 e. The Kier molecular flexibility index (Phi) is 4.15. The molecule has 0 saturated carbocycles. The maximum absolute atomic E-state index is 10.1. The number of aryl methyl sites for hydroxylation is 1. The normalized spacial score (nSPS) is 12.6. The fourth-order valence-electron chi connectivity index (χ4n) is 1.68. The summed E-state index contributed by atoms with van der Waals surface area (Å²) in [5.41, 5.74) is 0.744. The van der Waals surface area contributed by atoms with Gasteiger partial charge in [-0.25, -0.2) is 0 Å². The summed E-state index contributed by atoms with van der Waals surface area (Å²) in [6.07, 6.45) is 4.29. The van der Waals surface area contributed by atoms with Crippen molar-refractivity contribution in [1.82, 2.24) is 4.98 Å². The topological polar surface area (TPSA) is 33.1 Å². The van der Waals surface area contributed by atoms with Crippen LogP contribution in [-0.4, -0.2) is 10.1 Å². The Morgan fingerprint density at radius 1 is 1.35 bits per heavy atom. The molecule has 0 radical (unpaired) electrons. The number of pyridine rings is 1. The van der Waals surface area contributed by atoms with Crippen LogP contribution in [-0.2, 0) is 12.8 Å². The van der Waals surface area contributed by atoms with Crippen molar-refractivity contribution in [2.24, 2.45) is 0 Å². The molecule has 17 heavy (non-hydrogen) atoms. The van der Waals surface area contributed by atoms with Crippen molar-refractivity contribution in [3.05, 3.63) is 50.9 Å². The van der Waals surface area contributed by atoms with Crippen LogP contribution in [0.2, 0.25) is 5.02 Å². The average Bonchev–Trinajstić information content (AvgIpc) is 2.77. The minimum atomic E-state index is -0.561. The quantitative estimate of drug-likeness (QED) is 0.918. The number of aliphatic hydroxyl groups is 1. The Morgan fingerprint density at radius 2 is 2.12 bits per heavy atom. The van der Waals surface area contributed by atoms with Crippen molar-refractivity contribution in [3.63, 3.8) is 0 Å². The lowest BCUT2D eigenvalue weighted by atomic mass is 10.1. The van der Waals surface area contributed by atoms with Crippen LogP contribution in [0.1, 0.15) is 28.3 Å². The molecule has 1 unspecified atom stereocenters. The predicted octanol–water partition coefficient (Wildman–Crippen LogP) is 3.64. The monoisotopic (exact) mass is 267 g/mol. The fourth-order valence-corrected chi connectivity index (χ4v) is 2.92.